The van der Waals surface area contributed by atoms with E-state index in [1.807, 2.05) is 0 Å². The highest BCUT2D eigenvalue weighted by molar-refractivity contribution is 5.76. The number of pyridine rings is 1. The van der Waals surface area contributed by atoms with Crippen LogP contribution >= 0.6 is 0 Å². The number of nitrogens with two attached hydrogens (primary N) is 1. The Balaban J connectivity index is 2.82. The number of carbonyl (C=O) groups excluding carboxylic acids is 1. The Kier molecular flexibility index (Phi) is 1.33. The second-order valence-electron chi connectivity index (χ2n) is 2.48. The number of carbonyl (C=O) groups is 1. The van der Waals surface area contributed by atoms with Gasteiger partial charge < -0.3 is 10.1 Å². The number of aldehydes is 1. The maximum atomic E-state index is 10.4. The van der Waals surface area contributed by atoms with Crippen molar-refractivity contribution in [3.63, 3.8) is 0 Å². The van der Waals surface area contributed by atoms with Crippen LogP contribution in [0.25, 0.3) is 5.65 Å². The molecule has 0 aliphatic carbocycles. The monoisotopic (exact) mass is 161 g/mol. The van der Waals surface area contributed by atoms with Crippen molar-refractivity contribution in [3.05, 3.63) is 30.2 Å². The maximum absolute atomic E-state index is 10.4. The van der Waals surface area contributed by atoms with E-state index in [4.69, 9.17) is 5.73 Å². The van der Waals surface area contributed by atoms with Gasteiger partial charge in [-0.15, -0.1) is 0 Å². The summed E-state index contributed by atoms with van der Waals surface area (Å²) >= 11 is 0. The van der Waals surface area contributed by atoms with Gasteiger partial charge in [-0.1, -0.05) is 0 Å². The van der Waals surface area contributed by atoms with Gasteiger partial charge in [-0.2, -0.15) is 0 Å². The van der Waals surface area contributed by atoms with Gasteiger partial charge in [0.2, 0.25) is 0 Å². The Morgan fingerprint density at radius 2 is 2.42 bits per heavy atom. The summed E-state index contributed by atoms with van der Waals surface area (Å²) in [4.78, 5) is 14.4. The number of hydrogen-bond donors (Lipinski definition) is 1. The summed E-state index contributed by atoms with van der Waals surface area (Å²) < 4.78 is 1.72. The fourth-order valence-corrected chi connectivity index (χ4v) is 1.11. The average molecular weight is 161 g/mol. The molecular formula is C8H7N3O. The molecule has 12 heavy (non-hydrogen) atoms. The topological polar surface area (TPSA) is 60.4 Å². The Morgan fingerprint density at radius 1 is 1.58 bits per heavy atom. The number of hydrogen-bond acceptors (Lipinski definition) is 3. The van der Waals surface area contributed by atoms with Gasteiger partial charge in [0.25, 0.3) is 0 Å². The van der Waals surface area contributed by atoms with Crippen LogP contribution in [0.3, 0.4) is 0 Å². The lowest BCUT2D eigenvalue weighted by atomic mass is 10.4. The van der Waals surface area contributed by atoms with Gasteiger partial charge in [-0.05, 0) is 12.1 Å². The summed E-state index contributed by atoms with van der Waals surface area (Å²) in [5, 5.41) is 0. The maximum Gasteiger partial charge on any atom is 0.170 e. The molecule has 0 aliphatic rings. The first-order chi connectivity index (χ1) is 5.81. The van der Waals surface area contributed by atoms with Gasteiger partial charge in [0, 0.05) is 12.4 Å². The molecule has 2 rings (SSSR count). The molecular weight excluding hydrogens is 154 g/mol. The summed E-state index contributed by atoms with van der Waals surface area (Å²) in [7, 11) is 0. The molecule has 0 radical (unpaired) electrons. The van der Waals surface area contributed by atoms with Crippen LogP contribution in [0.15, 0.2) is 24.5 Å². The van der Waals surface area contributed by atoms with Crippen molar-refractivity contribution in [1.82, 2.24) is 9.38 Å². The quantitative estimate of drug-likeness (QED) is 0.627. The molecule has 0 bridgehead atoms. The summed E-state index contributed by atoms with van der Waals surface area (Å²) in [6.07, 6.45) is 4.14. The van der Waals surface area contributed by atoms with Crippen LogP contribution < -0.4 is 5.73 Å². The van der Waals surface area contributed by atoms with Crippen LogP contribution in [0.1, 0.15) is 10.5 Å². The highest BCUT2D eigenvalue weighted by atomic mass is 16.1. The molecule has 0 amide bonds. The number of anilines is 1. The lowest BCUT2D eigenvalue weighted by Crippen LogP contribution is -1.90. The fourth-order valence-electron chi connectivity index (χ4n) is 1.11. The zero-order valence-electron chi connectivity index (χ0n) is 6.27. The molecule has 2 N–H and O–H groups in total. The van der Waals surface area contributed by atoms with E-state index >= 15 is 0 Å². The molecule has 0 saturated heterocycles. The molecule has 0 fully saturated rings. The van der Waals surface area contributed by atoms with Crippen LogP contribution in [-0.2, 0) is 0 Å². The number of nitrogens with zero attached hydrogens (tertiary/aromatic N) is 2. The summed E-state index contributed by atoms with van der Waals surface area (Å²) in [5.41, 5.74) is 7.22. The molecule has 0 unspecified atom stereocenters. The number of imidazole rings is 1. The van der Waals surface area contributed by atoms with Gasteiger partial charge in [0.15, 0.2) is 11.9 Å². The van der Waals surface area contributed by atoms with Crippen LogP contribution in [0, 0.1) is 0 Å². The molecule has 2 aromatic heterocycles. The normalized spacial score (nSPS) is 10.3. The molecule has 4 heteroatoms. The van der Waals surface area contributed by atoms with Gasteiger partial charge in [0.05, 0.1) is 5.69 Å². The molecule has 0 atom stereocenters. The predicted octanol–water partition coefficient (Wildman–Crippen LogP) is 0.729. The molecule has 2 aromatic rings. The molecule has 2 heterocycles. The smallest absolute Gasteiger partial charge is 0.170 e. The number of aromatic nitrogens is 2. The number of nitrogen functional groups attached to an aromatic ring is 1. The van der Waals surface area contributed by atoms with Crippen molar-refractivity contribution < 1.29 is 4.79 Å². The zero-order chi connectivity index (χ0) is 8.55. The minimum absolute atomic E-state index is 0.396. The van der Waals surface area contributed by atoms with Crippen molar-refractivity contribution in [2.45, 2.75) is 0 Å². The lowest BCUT2D eigenvalue weighted by molar-refractivity contribution is 0.111. The molecule has 0 spiro atoms. The van der Waals surface area contributed by atoms with Crippen LogP contribution in [0.2, 0.25) is 0 Å². The van der Waals surface area contributed by atoms with E-state index in [-0.39, 0.29) is 0 Å². The highest BCUT2D eigenvalue weighted by Gasteiger charge is 2.01. The molecule has 0 aliphatic heterocycles. The SMILES string of the molecule is Nc1cccn2cc(C=O)nc12. The third-order valence-electron chi connectivity index (χ3n) is 1.65. The Morgan fingerprint density at radius 3 is 3.08 bits per heavy atom. The lowest BCUT2D eigenvalue weighted by Gasteiger charge is -1.94. The zero-order valence-corrected chi connectivity index (χ0v) is 6.27. The highest BCUT2D eigenvalue weighted by Crippen LogP contribution is 2.11. The van der Waals surface area contributed by atoms with E-state index in [1.54, 1.807) is 28.9 Å². The summed E-state index contributed by atoms with van der Waals surface area (Å²) in [6, 6.07) is 3.55. The second kappa shape index (κ2) is 2.34. The van der Waals surface area contributed by atoms with E-state index in [0.717, 1.165) is 0 Å². The van der Waals surface area contributed by atoms with Gasteiger partial charge in [-0.25, -0.2) is 4.98 Å². The summed E-state index contributed by atoms with van der Waals surface area (Å²) in [6.45, 7) is 0. The first kappa shape index (κ1) is 6.84. The minimum atomic E-state index is 0.396. The number of rotatable bonds is 1. The van der Waals surface area contributed by atoms with E-state index in [9.17, 15) is 4.79 Å². The van der Waals surface area contributed by atoms with Crippen molar-refractivity contribution in [2.75, 3.05) is 5.73 Å². The Bertz CT molecular complexity index is 433. The van der Waals surface area contributed by atoms with Gasteiger partial charge in [0.1, 0.15) is 5.69 Å². The van der Waals surface area contributed by atoms with Gasteiger partial charge in [-0.3, -0.25) is 4.79 Å². The van der Waals surface area contributed by atoms with Crippen molar-refractivity contribution in [2.24, 2.45) is 0 Å². The van der Waals surface area contributed by atoms with Crippen LogP contribution in [0.4, 0.5) is 5.69 Å². The first-order valence-corrected chi connectivity index (χ1v) is 3.49. The van der Waals surface area contributed by atoms with Crippen molar-refractivity contribution in [3.8, 4) is 0 Å². The van der Waals surface area contributed by atoms with Crippen molar-refractivity contribution in [1.29, 1.82) is 0 Å². The third-order valence-corrected chi connectivity index (χ3v) is 1.65. The second-order valence-corrected chi connectivity index (χ2v) is 2.48. The third kappa shape index (κ3) is 0.852. The Hall–Kier alpha value is -1.84. The molecule has 60 valence electrons. The first-order valence-electron chi connectivity index (χ1n) is 3.49. The largest absolute Gasteiger partial charge is 0.396 e. The standard InChI is InChI=1S/C8H7N3O/c9-7-2-1-3-11-4-6(5-12)10-8(7)11/h1-5H,9H2. The fraction of sp³-hybridized carbons (Fsp3) is 0. The van der Waals surface area contributed by atoms with E-state index in [0.29, 0.717) is 23.3 Å². The minimum Gasteiger partial charge on any atom is -0.396 e. The molecule has 0 saturated carbocycles. The average Bonchev–Trinajstić information content (AvgIpc) is 2.49. The van der Waals surface area contributed by atoms with Crippen LogP contribution in [0.5, 0.6) is 0 Å². The van der Waals surface area contributed by atoms with Crippen molar-refractivity contribution >= 4 is 17.6 Å². The van der Waals surface area contributed by atoms with Crippen LogP contribution in [-0.4, -0.2) is 15.7 Å². The van der Waals surface area contributed by atoms with Gasteiger partial charge >= 0.3 is 0 Å². The predicted molar refractivity (Wildman–Crippen MR) is 45.0 cm³/mol. The molecule has 4 nitrogen and oxygen atoms in total. The van der Waals surface area contributed by atoms with E-state index < -0.39 is 0 Å². The van der Waals surface area contributed by atoms with E-state index in [2.05, 4.69) is 4.98 Å². The van der Waals surface area contributed by atoms with E-state index in [1.165, 1.54) is 0 Å². The molecule has 0 aromatic carbocycles. The number of fused-ring (bicyclic) bond motifs is 1. The Labute approximate surface area is 68.6 Å². The summed E-state index contributed by atoms with van der Waals surface area (Å²) in [5.74, 6) is 0.